The van der Waals surface area contributed by atoms with Crippen LogP contribution < -0.4 is 10.2 Å². The van der Waals surface area contributed by atoms with Gasteiger partial charge in [-0.15, -0.1) is 5.10 Å². The average molecular weight is 426 g/mol. The van der Waals surface area contributed by atoms with E-state index >= 15 is 0 Å². The van der Waals surface area contributed by atoms with Gasteiger partial charge in [0.05, 0.1) is 6.04 Å². The maximum absolute atomic E-state index is 14.1. The zero-order valence-corrected chi connectivity index (χ0v) is 18.4. The monoisotopic (exact) mass is 425 g/mol. The summed E-state index contributed by atoms with van der Waals surface area (Å²) in [5, 5.41) is 7.21. The number of amides is 1. The molecule has 1 unspecified atom stereocenters. The number of aryl methyl sites for hydroxylation is 2. The van der Waals surface area contributed by atoms with E-state index in [0.717, 1.165) is 55.4 Å². The fraction of sp³-hybridized carbons (Fsp3) is 0.455. The minimum atomic E-state index is -0.416. The summed E-state index contributed by atoms with van der Waals surface area (Å²) in [7, 11) is 0. The number of anilines is 1. The van der Waals surface area contributed by atoms with Crippen LogP contribution in [0.2, 0.25) is 0 Å². The Morgan fingerprint density at radius 1 is 1.16 bits per heavy atom. The van der Waals surface area contributed by atoms with E-state index in [2.05, 4.69) is 37.1 Å². The molecule has 1 amide bonds. The molecule has 2 aromatic heterocycles. The van der Waals surface area contributed by atoms with Crippen molar-refractivity contribution in [1.29, 1.82) is 0 Å². The zero-order valence-electron chi connectivity index (χ0n) is 18.4. The summed E-state index contributed by atoms with van der Waals surface area (Å²) >= 11 is 0. The van der Waals surface area contributed by atoms with Crippen molar-refractivity contribution in [1.82, 2.24) is 29.8 Å². The Kier molecular flexibility index (Phi) is 5.86. The maximum atomic E-state index is 14.1. The average Bonchev–Trinajstić information content (AvgIpc) is 3.18. The SMILES string of the molecule is CCN1CCN(c2ccc(F)cc2C(C)NC(=O)c2nc3nc(C)cc(C)n3n2)CC1. The first kappa shape index (κ1) is 21.2. The number of piperazine rings is 1. The van der Waals surface area contributed by atoms with Gasteiger partial charge in [0.1, 0.15) is 5.82 Å². The molecule has 1 N–H and O–H groups in total. The number of hydrogen-bond acceptors (Lipinski definition) is 6. The first-order valence-corrected chi connectivity index (χ1v) is 10.6. The van der Waals surface area contributed by atoms with Crippen molar-refractivity contribution >= 4 is 17.4 Å². The first-order chi connectivity index (χ1) is 14.9. The lowest BCUT2D eigenvalue weighted by molar-refractivity contribution is 0.0929. The van der Waals surface area contributed by atoms with Crippen LogP contribution >= 0.6 is 0 Å². The first-order valence-electron chi connectivity index (χ1n) is 10.6. The van der Waals surface area contributed by atoms with Crippen LogP contribution in [0, 0.1) is 19.7 Å². The number of benzene rings is 1. The van der Waals surface area contributed by atoms with Crippen molar-refractivity contribution in [2.24, 2.45) is 0 Å². The third-order valence-corrected chi connectivity index (χ3v) is 5.79. The van der Waals surface area contributed by atoms with Gasteiger partial charge >= 0.3 is 0 Å². The molecule has 0 spiro atoms. The molecule has 1 aliphatic rings. The van der Waals surface area contributed by atoms with Gasteiger partial charge in [-0.3, -0.25) is 4.79 Å². The number of likely N-dealkylation sites (N-methyl/N-ethyl adjacent to an activating group) is 1. The van der Waals surface area contributed by atoms with E-state index in [-0.39, 0.29) is 11.6 Å². The minimum Gasteiger partial charge on any atom is -0.369 e. The van der Waals surface area contributed by atoms with Gasteiger partial charge in [0.25, 0.3) is 11.7 Å². The maximum Gasteiger partial charge on any atom is 0.291 e. The van der Waals surface area contributed by atoms with E-state index in [0.29, 0.717) is 5.78 Å². The Balaban J connectivity index is 1.56. The summed E-state index contributed by atoms with van der Waals surface area (Å²) in [5.41, 5.74) is 3.35. The smallest absolute Gasteiger partial charge is 0.291 e. The highest BCUT2D eigenvalue weighted by Crippen LogP contribution is 2.28. The van der Waals surface area contributed by atoms with E-state index in [1.807, 2.05) is 26.8 Å². The number of carbonyl (C=O) groups is 1. The number of carbonyl (C=O) groups excluding carboxylic acids is 1. The quantitative estimate of drug-likeness (QED) is 0.677. The third-order valence-electron chi connectivity index (χ3n) is 5.79. The molecule has 0 saturated carbocycles. The number of fused-ring (bicyclic) bond motifs is 1. The van der Waals surface area contributed by atoms with E-state index in [1.165, 1.54) is 12.1 Å². The second kappa shape index (κ2) is 8.58. The summed E-state index contributed by atoms with van der Waals surface area (Å²) in [6.07, 6.45) is 0. The van der Waals surface area contributed by atoms with E-state index in [4.69, 9.17) is 0 Å². The van der Waals surface area contributed by atoms with Gasteiger partial charge in [-0.1, -0.05) is 6.92 Å². The van der Waals surface area contributed by atoms with Crippen molar-refractivity contribution in [3.05, 3.63) is 52.9 Å². The lowest BCUT2D eigenvalue weighted by Crippen LogP contribution is -2.46. The molecule has 1 atom stereocenters. The highest BCUT2D eigenvalue weighted by Gasteiger charge is 2.23. The van der Waals surface area contributed by atoms with Crippen LogP contribution in [0.4, 0.5) is 10.1 Å². The molecular formula is C22H28FN7O. The number of nitrogens with zero attached hydrogens (tertiary/aromatic N) is 6. The van der Waals surface area contributed by atoms with Gasteiger partial charge < -0.3 is 15.1 Å². The molecular weight excluding hydrogens is 397 g/mol. The molecule has 1 aliphatic heterocycles. The van der Waals surface area contributed by atoms with E-state index in [1.54, 1.807) is 10.6 Å². The van der Waals surface area contributed by atoms with Crippen LogP contribution in [-0.2, 0) is 0 Å². The lowest BCUT2D eigenvalue weighted by Gasteiger charge is -2.37. The van der Waals surface area contributed by atoms with Crippen LogP contribution in [0.15, 0.2) is 24.3 Å². The highest BCUT2D eigenvalue weighted by atomic mass is 19.1. The van der Waals surface area contributed by atoms with Crippen molar-refractivity contribution < 1.29 is 9.18 Å². The van der Waals surface area contributed by atoms with Crippen molar-refractivity contribution in [3.63, 3.8) is 0 Å². The summed E-state index contributed by atoms with van der Waals surface area (Å²) in [6, 6.07) is 6.24. The second-order valence-electron chi connectivity index (χ2n) is 8.01. The van der Waals surface area contributed by atoms with Crippen LogP contribution in [-0.4, -0.2) is 63.1 Å². The zero-order chi connectivity index (χ0) is 22.1. The topological polar surface area (TPSA) is 78.7 Å². The third kappa shape index (κ3) is 4.36. The molecule has 8 nitrogen and oxygen atoms in total. The molecule has 3 aromatic rings. The Bertz CT molecular complexity index is 1100. The lowest BCUT2D eigenvalue weighted by atomic mass is 10.0. The van der Waals surface area contributed by atoms with Crippen LogP contribution in [0.25, 0.3) is 5.78 Å². The van der Waals surface area contributed by atoms with E-state index in [9.17, 15) is 9.18 Å². The standard InChI is InChI=1S/C22H28FN7O/c1-5-28-8-10-29(11-9-28)19-7-6-17(23)13-18(19)16(4)25-21(31)20-26-22-24-14(2)12-15(3)30(22)27-20/h6-7,12-13,16H,5,8-11H2,1-4H3,(H,25,31). The van der Waals surface area contributed by atoms with Crippen molar-refractivity contribution in [2.75, 3.05) is 37.6 Å². The minimum absolute atomic E-state index is 0.0440. The molecule has 1 saturated heterocycles. The Morgan fingerprint density at radius 3 is 2.61 bits per heavy atom. The predicted octanol–water partition coefficient (Wildman–Crippen LogP) is 2.51. The van der Waals surface area contributed by atoms with Gasteiger partial charge in [0.2, 0.25) is 5.82 Å². The summed E-state index contributed by atoms with van der Waals surface area (Å²) in [6.45, 7) is 12.4. The summed E-state index contributed by atoms with van der Waals surface area (Å²) in [4.78, 5) is 26.1. The largest absolute Gasteiger partial charge is 0.369 e. The van der Waals surface area contributed by atoms with Crippen LogP contribution in [0.3, 0.4) is 0 Å². The molecule has 9 heteroatoms. The Morgan fingerprint density at radius 2 is 1.90 bits per heavy atom. The fourth-order valence-electron chi connectivity index (χ4n) is 4.07. The predicted molar refractivity (Wildman–Crippen MR) is 117 cm³/mol. The fourth-order valence-corrected chi connectivity index (χ4v) is 4.07. The highest BCUT2D eigenvalue weighted by molar-refractivity contribution is 5.91. The van der Waals surface area contributed by atoms with Gasteiger partial charge in [0.15, 0.2) is 0 Å². The normalized spacial score (nSPS) is 16.0. The number of nitrogens with one attached hydrogen (secondary N) is 1. The van der Waals surface area contributed by atoms with E-state index < -0.39 is 11.9 Å². The molecule has 31 heavy (non-hydrogen) atoms. The van der Waals surface area contributed by atoms with Gasteiger partial charge in [-0.25, -0.2) is 13.9 Å². The second-order valence-corrected chi connectivity index (χ2v) is 8.01. The molecule has 0 aliphatic carbocycles. The number of halogens is 1. The van der Waals surface area contributed by atoms with Gasteiger partial charge in [-0.2, -0.15) is 4.98 Å². The van der Waals surface area contributed by atoms with Crippen molar-refractivity contribution in [3.8, 4) is 0 Å². The van der Waals surface area contributed by atoms with Crippen molar-refractivity contribution in [2.45, 2.75) is 33.7 Å². The summed E-state index contributed by atoms with van der Waals surface area (Å²) < 4.78 is 15.6. The van der Waals surface area contributed by atoms with Gasteiger partial charge in [0, 0.05) is 48.8 Å². The molecule has 1 aromatic carbocycles. The molecule has 0 bridgehead atoms. The molecule has 1 fully saturated rings. The van der Waals surface area contributed by atoms with Crippen LogP contribution in [0.1, 0.15) is 47.5 Å². The number of hydrogen-bond donors (Lipinski definition) is 1. The summed E-state index contributed by atoms with van der Waals surface area (Å²) in [5.74, 6) is -0.313. The Hall–Kier alpha value is -3.07. The van der Waals surface area contributed by atoms with Crippen LogP contribution in [0.5, 0.6) is 0 Å². The molecule has 0 radical (unpaired) electrons. The molecule has 4 rings (SSSR count). The van der Waals surface area contributed by atoms with Gasteiger partial charge in [-0.05, 0) is 51.6 Å². The molecule has 164 valence electrons. The number of aromatic nitrogens is 4. The molecule has 3 heterocycles. The Labute approximate surface area is 181 Å². The number of rotatable bonds is 5.